The number of amides is 2. The molecule has 0 spiro atoms. The molecule has 130 valence electrons. The summed E-state index contributed by atoms with van der Waals surface area (Å²) in [5, 5.41) is 2.62. The zero-order valence-electron chi connectivity index (χ0n) is 14.3. The SMILES string of the molecule is Cc1cccc(C2SC(C)C(=O)N2CC(=O)NCc2ccncc2)c1. The van der Waals surface area contributed by atoms with Gasteiger partial charge in [0.05, 0.1) is 5.25 Å². The monoisotopic (exact) mass is 355 g/mol. The van der Waals surface area contributed by atoms with Gasteiger partial charge in [0.1, 0.15) is 11.9 Å². The fraction of sp³-hybridized carbons (Fsp3) is 0.316. The van der Waals surface area contributed by atoms with Crippen LogP contribution in [-0.2, 0) is 16.1 Å². The van der Waals surface area contributed by atoms with Gasteiger partial charge >= 0.3 is 0 Å². The second-order valence-electron chi connectivity index (χ2n) is 6.14. The molecule has 0 radical (unpaired) electrons. The van der Waals surface area contributed by atoms with Crippen LogP contribution in [0.4, 0.5) is 0 Å². The average molecular weight is 355 g/mol. The Labute approximate surface area is 151 Å². The minimum absolute atomic E-state index is 0.00978. The maximum absolute atomic E-state index is 12.5. The molecular formula is C19H21N3O2S. The summed E-state index contributed by atoms with van der Waals surface area (Å²) in [6.07, 6.45) is 3.38. The van der Waals surface area contributed by atoms with E-state index in [-0.39, 0.29) is 29.0 Å². The summed E-state index contributed by atoms with van der Waals surface area (Å²) >= 11 is 1.59. The molecule has 5 nitrogen and oxygen atoms in total. The second-order valence-corrected chi connectivity index (χ2v) is 7.57. The summed E-state index contributed by atoms with van der Waals surface area (Å²) in [4.78, 5) is 30.5. The van der Waals surface area contributed by atoms with Crippen molar-refractivity contribution in [3.05, 3.63) is 65.5 Å². The third kappa shape index (κ3) is 4.20. The molecule has 0 bridgehead atoms. The fourth-order valence-electron chi connectivity index (χ4n) is 2.83. The van der Waals surface area contributed by atoms with Crippen LogP contribution in [0.15, 0.2) is 48.8 Å². The van der Waals surface area contributed by atoms with Crippen LogP contribution in [-0.4, -0.2) is 33.5 Å². The van der Waals surface area contributed by atoms with Crippen molar-refractivity contribution in [3.63, 3.8) is 0 Å². The molecule has 25 heavy (non-hydrogen) atoms. The van der Waals surface area contributed by atoms with Crippen LogP contribution in [0.1, 0.15) is 29.0 Å². The average Bonchev–Trinajstić information content (AvgIpc) is 2.89. The quantitative estimate of drug-likeness (QED) is 0.896. The van der Waals surface area contributed by atoms with E-state index >= 15 is 0 Å². The molecule has 2 aromatic rings. The highest BCUT2D eigenvalue weighted by molar-refractivity contribution is 8.01. The summed E-state index contributed by atoms with van der Waals surface area (Å²) < 4.78 is 0. The first-order chi connectivity index (χ1) is 12.0. The van der Waals surface area contributed by atoms with Crippen molar-refractivity contribution in [2.24, 2.45) is 0 Å². The number of thioether (sulfide) groups is 1. The first kappa shape index (κ1) is 17.5. The standard InChI is InChI=1S/C19H21N3O2S/c1-13-4-3-5-16(10-13)19-22(18(24)14(2)25-19)12-17(23)21-11-15-6-8-20-9-7-15/h3-10,14,19H,11-12H2,1-2H3,(H,21,23). The largest absolute Gasteiger partial charge is 0.350 e. The van der Waals surface area contributed by atoms with Crippen molar-refractivity contribution in [1.29, 1.82) is 0 Å². The van der Waals surface area contributed by atoms with Crippen LogP contribution in [0.25, 0.3) is 0 Å². The van der Waals surface area contributed by atoms with E-state index in [1.807, 2.05) is 44.2 Å². The van der Waals surface area contributed by atoms with Crippen LogP contribution in [0, 0.1) is 6.92 Å². The molecule has 2 amide bonds. The van der Waals surface area contributed by atoms with Crippen LogP contribution in [0.5, 0.6) is 0 Å². The number of aryl methyl sites for hydroxylation is 1. The molecule has 1 saturated heterocycles. The first-order valence-electron chi connectivity index (χ1n) is 8.22. The molecule has 3 rings (SSSR count). The molecule has 1 aliphatic rings. The van der Waals surface area contributed by atoms with Crippen LogP contribution in [0.2, 0.25) is 0 Å². The molecule has 0 saturated carbocycles. The smallest absolute Gasteiger partial charge is 0.239 e. The van der Waals surface area contributed by atoms with Crippen LogP contribution < -0.4 is 5.32 Å². The number of aromatic nitrogens is 1. The number of carbonyl (C=O) groups excluding carboxylic acids is 2. The number of nitrogens with one attached hydrogen (secondary N) is 1. The Morgan fingerprint density at radius 1 is 1.28 bits per heavy atom. The van der Waals surface area contributed by atoms with Gasteiger partial charge in [-0.2, -0.15) is 0 Å². The topological polar surface area (TPSA) is 62.3 Å². The molecule has 0 aliphatic carbocycles. The van der Waals surface area contributed by atoms with Crippen molar-refractivity contribution >= 4 is 23.6 Å². The summed E-state index contributed by atoms with van der Waals surface area (Å²) in [5.41, 5.74) is 3.19. The van der Waals surface area contributed by atoms with Crippen molar-refractivity contribution in [2.45, 2.75) is 31.0 Å². The van der Waals surface area contributed by atoms with Crippen molar-refractivity contribution < 1.29 is 9.59 Å². The highest BCUT2D eigenvalue weighted by atomic mass is 32.2. The summed E-state index contributed by atoms with van der Waals surface area (Å²) in [6, 6.07) is 11.8. The van der Waals surface area contributed by atoms with E-state index in [1.165, 1.54) is 0 Å². The normalized spacial score (nSPS) is 19.9. The summed E-state index contributed by atoms with van der Waals surface area (Å²) in [6.45, 7) is 4.42. The van der Waals surface area contributed by atoms with Crippen LogP contribution in [0.3, 0.4) is 0 Å². The Kier molecular flexibility index (Phi) is 5.38. The lowest BCUT2D eigenvalue weighted by atomic mass is 10.1. The maximum atomic E-state index is 12.5. The molecule has 1 aromatic heterocycles. The van der Waals surface area contributed by atoms with Crippen molar-refractivity contribution in [1.82, 2.24) is 15.2 Å². The minimum Gasteiger partial charge on any atom is -0.350 e. The van der Waals surface area contributed by atoms with Gasteiger partial charge in [-0.05, 0) is 37.1 Å². The predicted octanol–water partition coefficient (Wildman–Crippen LogP) is 2.67. The van der Waals surface area contributed by atoms with E-state index in [0.29, 0.717) is 6.54 Å². The molecule has 2 heterocycles. The van der Waals surface area contributed by atoms with E-state index in [2.05, 4.69) is 16.4 Å². The number of carbonyl (C=O) groups is 2. The van der Waals surface area contributed by atoms with Gasteiger partial charge in [-0.15, -0.1) is 11.8 Å². The molecule has 2 unspecified atom stereocenters. The van der Waals surface area contributed by atoms with E-state index in [1.54, 1.807) is 29.1 Å². The zero-order valence-corrected chi connectivity index (χ0v) is 15.1. The van der Waals surface area contributed by atoms with Gasteiger partial charge in [0, 0.05) is 18.9 Å². The lowest BCUT2D eigenvalue weighted by Crippen LogP contribution is -2.40. The maximum Gasteiger partial charge on any atom is 0.239 e. The Morgan fingerprint density at radius 3 is 2.76 bits per heavy atom. The molecule has 1 N–H and O–H groups in total. The van der Waals surface area contributed by atoms with Gasteiger partial charge in [0.15, 0.2) is 0 Å². The third-order valence-electron chi connectivity index (χ3n) is 4.13. The Bertz CT molecular complexity index is 766. The Hall–Kier alpha value is -2.34. The molecule has 6 heteroatoms. The van der Waals surface area contributed by atoms with Gasteiger partial charge < -0.3 is 10.2 Å². The number of hydrogen-bond donors (Lipinski definition) is 1. The van der Waals surface area contributed by atoms with Crippen LogP contribution >= 0.6 is 11.8 Å². The summed E-state index contributed by atoms with van der Waals surface area (Å²) in [5.74, 6) is -0.145. The van der Waals surface area contributed by atoms with Crippen molar-refractivity contribution in [2.75, 3.05) is 6.54 Å². The second kappa shape index (κ2) is 7.70. The number of rotatable bonds is 5. The lowest BCUT2D eigenvalue weighted by Gasteiger charge is -2.24. The molecular weight excluding hydrogens is 334 g/mol. The molecule has 2 atom stereocenters. The molecule has 1 aliphatic heterocycles. The van der Waals surface area contributed by atoms with Gasteiger partial charge in [-0.3, -0.25) is 14.6 Å². The van der Waals surface area contributed by atoms with E-state index in [4.69, 9.17) is 0 Å². The number of hydrogen-bond acceptors (Lipinski definition) is 4. The molecule has 1 aromatic carbocycles. The van der Waals surface area contributed by atoms with E-state index in [9.17, 15) is 9.59 Å². The number of benzene rings is 1. The van der Waals surface area contributed by atoms with Gasteiger partial charge in [-0.1, -0.05) is 29.8 Å². The molecule has 1 fully saturated rings. The van der Waals surface area contributed by atoms with Gasteiger partial charge in [0.2, 0.25) is 11.8 Å². The highest BCUT2D eigenvalue weighted by Gasteiger charge is 2.39. The van der Waals surface area contributed by atoms with E-state index < -0.39 is 0 Å². The summed E-state index contributed by atoms with van der Waals surface area (Å²) in [7, 11) is 0. The Morgan fingerprint density at radius 2 is 2.04 bits per heavy atom. The van der Waals surface area contributed by atoms with Gasteiger partial charge in [0.25, 0.3) is 0 Å². The predicted molar refractivity (Wildman–Crippen MR) is 98.8 cm³/mol. The first-order valence-corrected chi connectivity index (χ1v) is 9.17. The van der Waals surface area contributed by atoms with Crippen molar-refractivity contribution in [3.8, 4) is 0 Å². The fourth-order valence-corrected chi connectivity index (χ4v) is 4.10. The van der Waals surface area contributed by atoms with E-state index in [0.717, 1.165) is 16.7 Å². The Balaban J connectivity index is 1.67. The lowest BCUT2D eigenvalue weighted by molar-refractivity contribution is -0.135. The third-order valence-corrected chi connectivity index (χ3v) is 5.52. The van der Waals surface area contributed by atoms with Gasteiger partial charge in [-0.25, -0.2) is 0 Å². The number of pyridine rings is 1. The highest BCUT2D eigenvalue weighted by Crippen LogP contribution is 2.42. The zero-order chi connectivity index (χ0) is 17.8. The minimum atomic E-state index is -0.155. The number of nitrogens with zero attached hydrogens (tertiary/aromatic N) is 2.